The van der Waals surface area contributed by atoms with Crippen LogP contribution in [0.5, 0.6) is 0 Å². The van der Waals surface area contributed by atoms with E-state index in [0.29, 0.717) is 23.8 Å². The molecular formula is C21H33N3O. The van der Waals surface area contributed by atoms with E-state index in [2.05, 4.69) is 59.3 Å². The highest BCUT2D eigenvalue weighted by Crippen LogP contribution is 2.29. The number of likely N-dealkylation sites (tertiary alicyclic amines) is 1. The monoisotopic (exact) mass is 343 g/mol. The fraction of sp³-hybridized carbons (Fsp3) is 0.667. The van der Waals surface area contributed by atoms with Crippen molar-refractivity contribution in [3.63, 3.8) is 0 Å². The van der Waals surface area contributed by atoms with Gasteiger partial charge in [0.2, 0.25) is 5.91 Å². The summed E-state index contributed by atoms with van der Waals surface area (Å²) in [5, 5.41) is 3.36. The average molecular weight is 344 g/mol. The Bertz CT molecular complexity index is 544. The van der Waals surface area contributed by atoms with Crippen LogP contribution in [0.1, 0.15) is 32.3 Å². The highest BCUT2D eigenvalue weighted by molar-refractivity contribution is 5.79. The molecule has 2 unspecified atom stereocenters. The number of nitrogens with zero attached hydrogens (tertiary/aromatic N) is 2. The van der Waals surface area contributed by atoms with E-state index in [1.54, 1.807) is 0 Å². The van der Waals surface area contributed by atoms with Gasteiger partial charge in [-0.3, -0.25) is 9.69 Å². The van der Waals surface area contributed by atoms with Crippen LogP contribution in [0.2, 0.25) is 0 Å². The maximum Gasteiger partial charge on any atom is 0.225 e. The second-order valence-corrected chi connectivity index (χ2v) is 8.10. The second-order valence-electron chi connectivity index (χ2n) is 8.10. The standard InChI is InChI=1S/C21H33N3O/c1-16-13-24(15-18-7-5-4-6-8-18)14-17(2)20(16)23(3)21(25)19-9-11-22-12-10-19/h4-8,16-17,19-20,22H,9-15H2,1-3H3. The van der Waals surface area contributed by atoms with Crippen LogP contribution >= 0.6 is 0 Å². The molecule has 1 aromatic rings. The first-order chi connectivity index (χ1) is 12.1. The molecule has 2 atom stereocenters. The van der Waals surface area contributed by atoms with Crippen LogP contribution < -0.4 is 5.32 Å². The summed E-state index contributed by atoms with van der Waals surface area (Å²) >= 11 is 0. The molecule has 1 aromatic carbocycles. The molecule has 4 heteroatoms. The van der Waals surface area contributed by atoms with Gasteiger partial charge < -0.3 is 10.2 Å². The van der Waals surface area contributed by atoms with Gasteiger partial charge in [0, 0.05) is 38.6 Å². The van der Waals surface area contributed by atoms with E-state index in [0.717, 1.165) is 45.6 Å². The van der Waals surface area contributed by atoms with Crippen molar-refractivity contribution in [1.82, 2.24) is 15.1 Å². The SMILES string of the molecule is CC1CN(Cc2ccccc2)CC(C)C1N(C)C(=O)C1CCNCC1. The normalized spacial score (nSPS) is 28.7. The number of benzene rings is 1. The summed E-state index contributed by atoms with van der Waals surface area (Å²) in [4.78, 5) is 17.6. The quantitative estimate of drug-likeness (QED) is 0.913. The Balaban J connectivity index is 1.60. The summed E-state index contributed by atoms with van der Waals surface area (Å²) < 4.78 is 0. The fourth-order valence-corrected chi connectivity index (χ4v) is 4.90. The average Bonchev–Trinajstić information content (AvgIpc) is 2.62. The Hall–Kier alpha value is -1.39. The number of hydrogen-bond acceptors (Lipinski definition) is 3. The van der Waals surface area contributed by atoms with Gasteiger partial charge >= 0.3 is 0 Å². The van der Waals surface area contributed by atoms with E-state index in [4.69, 9.17) is 0 Å². The molecule has 25 heavy (non-hydrogen) atoms. The van der Waals surface area contributed by atoms with Crippen molar-refractivity contribution in [3.8, 4) is 0 Å². The molecule has 1 amide bonds. The molecule has 0 spiro atoms. The van der Waals surface area contributed by atoms with E-state index in [1.165, 1.54) is 5.56 Å². The zero-order valence-electron chi connectivity index (χ0n) is 15.9. The lowest BCUT2D eigenvalue weighted by atomic mass is 9.83. The molecule has 2 fully saturated rings. The van der Waals surface area contributed by atoms with E-state index in [9.17, 15) is 4.79 Å². The smallest absolute Gasteiger partial charge is 0.225 e. The van der Waals surface area contributed by atoms with Crippen LogP contribution in [-0.2, 0) is 11.3 Å². The summed E-state index contributed by atoms with van der Waals surface area (Å²) in [7, 11) is 2.04. The van der Waals surface area contributed by atoms with Crippen LogP contribution in [0, 0.1) is 17.8 Å². The maximum absolute atomic E-state index is 12.9. The van der Waals surface area contributed by atoms with Gasteiger partial charge in [-0.05, 0) is 43.3 Å². The molecule has 0 aliphatic carbocycles. The number of hydrogen-bond donors (Lipinski definition) is 1. The van der Waals surface area contributed by atoms with Crippen molar-refractivity contribution in [2.45, 2.75) is 39.3 Å². The van der Waals surface area contributed by atoms with E-state index < -0.39 is 0 Å². The molecule has 4 nitrogen and oxygen atoms in total. The summed E-state index contributed by atoms with van der Waals surface area (Å²) in [6, 6.07) is 11.1. The van der Waals surface area contributed by atoms with Crippen molar-refractivity contribution in [2.24, 2.45) is 17.8 Å². The van der Waals surface area contributed by atoms with Crippen molar-refractivity contribution < 1.29 is 4.79 Å². The molecule has 2 saturated heterocycles. The highest BCUT2D eigenvalue weighted by Gasteiger charge is 2.38. The second kappa shape index (κ2) is 8.33. The van der Waals surface area contributed by atoms with Gasteiger partial charge in [-0.2, -0.15) is 0 Å². The van der Waals surface area contributed by atoms with Crippen LogP contribution in [0.3, 0.4) is 0 Å². The summed E-state index contributed by atoms with van der Waals surface area (Å²) in [6.07, 6.45) is 1.97. The molecular weight excluding hydrogens is 310 g/mol. The lowest BCUT2D eigenvalue weighted by Crippen LogP contribution is -2.56. The minimum absolute atomic E-state index is 0.216. The topological polar surface area (TPSA) is 35.6 Å². The predicted molar refractivity (Wildman–Crippen MR) is 102 cm³/mol. The van der Waals surface area contributed by atoms with Crippen LogP contribution in [0.15, 0.2) is 30.3 Å². The molecule has 2 aliphatic heterocycles. The third-order valence-corrected chi connectivity index (χ3v) is 5.99. The Labute approximate surface area is 152 Å². The first-order valence-corrected chi connectivity index (χ1v) is 9.80. The van der Waals surface area contributed by atoms with E-state index >= 15 is 0 Å². The number of piperidine rings is 2. The minimum Gasteiger partial charge on any atom is -0.342 e. The fourth-order valence-electron chi connectivity index (χ4n) is 4.90. The van der Waals surface area contributed by atoms with Crippen molar-refractivity contribution in [2.75, 3.05) is 33.2 Å². The van der Waals surface area contributed by atoms with Crippen LogP contribution in [0.25, 0.3) is 0 Å². The number of nitrogens with one attached hydrogen (secondary N) is 1. The van der Waals surface area contributed by atoms with Crippen molar-refractivity contribution in [1.29, 1.82) is 0 Å². The molecule has 0 radical (unpaired) electrons. The van der Waals surface area contributed by atoms with Gasteiger partial charge in [-0.25, -0.2) is 0 Å². The molecule has 2 heterocycles. The van der Waals surface area contributed by atoms with Crippen LogP contribution in [0.4, 0.5) is 0 Å². The van der Waals surface area contributed by atoms with Gasteiger partial charge in [0.05, 0.1) is 0 Å². The lowest BCUT2D eigenvalue weighted by Gasteiger charge is -2.46. The Morgan fingerprint density at radius 3 is 2.32 bits per heavy atom. The number of rotatable bonds is 4. The zero-order valence-corrected chi connectivity index (χ0v) is 15.9. The Kier molecular flexibility index (Phi) is 6.13. The zero-order chi connectivity index (χ0) is 17.8. The van der Waals surface area contributed by atoms with Crippen LogP contribution in [-0.4, -0.2) is 55.0 Å². The van der Waals surface area contributed by atoms with Gasteiger partial charge in [0.25, 0.3) is 0 Å². The summed E-state index contributed by atoms with van der Waals surface area (Å²) in [5.41, 5.74) is 1.37. The van der Waals surface area contributed by atoms with Crippen molar-refractivity contribution in [3.05, 3.63) is 35.9 Å². The molecule has 0 aromatic heterocycles. The third-order valence-electron chi connectivity index (χ3n) is 5.99. The Morgan fingerprint density at radius 2 is 1.72 bits per heavy atom. The number of carbonyl (C=O) groups is 1. The highest BCUT2D eigenvalue weighted by atomic mass is 16.2. The molecule has 2 aliphatic rings. The van der Waals surface area contributed by atoms with E-state index in [1.807, 2.05) is 7.05 Å². The van der Waals surface area contributed by atoms with Gasteiger partial charge in [0.1, 0.15) is 0 Å². The number of carbonyl (C=O) groups excluding carboxylic acids is 1. The predicted octanol–water partition coefficient (Wildman–Crippen LogP) is 2.60. The number of amides is 1. The van der Waals surface area contributed by atoms with Gasteiger partial charge in [-0.15, -0.1) is 0 Å². The molecule has 138 valence electrons. The largest absolute Gasteiger partial charge is 0.342 e. The van der Waals surface area contributed by atoms with E-state index in [-0.39, 0.29) is 5.92 Å². The molecule has 1 N–H and O–H groups in total. The summed E-state index contributed by atoms with van der Waals surface area (Å²) in [6.45, 7) is 9.71. The lowest BCUT2D eigenvalue weighted by molar-refractivity contribution is -0.141. The first kappa shape index (κ1) is 18.4. The van der Waals surface area contributed by atoms with Gasteiger partial charge in [-0.1, -0.05) is 44.2 Å². The van der Waals surface area contributed by atoms with Crippen molar-refractivity contribution >= 4 is 5.91 Å². The maximum atomic E-state index is 12.9. The molecule has 0 bridgehead atoms. The summed E-state index contributed by atoms with van der Waals surface area (Å²) in [5.74, 6) is 1.58. The molecule has 0 saturated carbocycles. The first-order valence-electron chi connectivity index (χ1n) is 9.80. The molecule has 3 rings (SSSR count). The minimum atomic E-state index is 0.216. The Morgan fingerprint density at radius 1 is 1.12 bits per heavy atom. The third kappa shape index (κ3) is 4.42. The van der Waals surface area contributed by atoms with Gasteiger partial charge in [0.15, 0.2) is 0 Å².